The van der Waals surface area contributed by atoms with E-state index in [0.29, 0.717) is 11.3 Å². The quantitative estimate of drug-likeness (QED) is 0.352. The second-order valence-corrected chi connectivity index (χ2v) is 5.02. The Labute approximate surface area is 130 Å². The number of anilines is 1. The molecule has 22 heavy (non-hydrogen) atoms. The smallest absolute Gasteiger partial charge is 0.471 e. The summed E-state index contributed by atoms with van der Waals surface area (Å²) < 4.78 is 36.1. The molecule has 1 rings (SSSR count). The minimum absolute atomic E-state index is 0.101. The van der Waals surface area contributed by atoms with Crippen LogP contribution in [0.2, 0.25) is 4.34 Å². The lowest BCUT2D eigenvalue weighted by Gasteiger charge is -2.04. The van der Waals surface area contributed by atoms with E-state index in [1.165, 1.54) is 11.4 Å². The molecule has 1 heterocycles. The van der Waals surface area contributed by atoms with Crippen LogP contribution in [0.25, 0.3) is 0 Å². The molecule has 120 valence electrons. The van der Waals surface area contributed by atoms with Gasteiger partial charge in [-0.1, -0.05) is 40.7 Å². The molecular formula is C10H7ClF3N3O4S. The first-order chi connectivity index (χ1) is 10.2. The molecule has 0 aliphatic rings. The van der Waals surface area contributed by atoms with E-state index in [0.717, 1.165) is 0 Å². The maximum Gasteiger partial charge on any atom is 0.471 e. The summed E-state index contributed by atoms with van der Waals surface area (Å²) in [5.41, 5.74) is -1.16. The number of halogens is 4. The number of carboxylic acids is 1. The minimum Gasteiger partial charge on any atom is -0.476 e. The zero-order valence-corrected chi connectivity index (χ0v) is 12.1. The molecule has 0 atom stereocenters. The molecular weight excluding hydrogens is 351 g/mol. The molecule has 0 radical (unpaired) electrons. The van der Waals surface area contributed by atoms with Gasteiger partial charge in [0.05, 0.1) is 0 Å². The van der Waals surface area contributed by atoms with E-state index in [9.17, 15) is 22.8 Å². The van der Waals surface area contributed by atoms with Crippen LogP contribution in [0, 0.1) is 0 Å². The summed E-state index contributed by atoms with van der Waals surface area (Å²) in [6, 6.07) is 0. The van der Waals surface area contributed by atoms with E-state index in [-0.39, 0.29) is 10.9 Å². The van der Waals surface area contributed by atoms with Gasteiger partial charge in [-0.3, -0.25) is 10.1 Å². The van der Waals surface area contributed by atoms with Crippen LogP contribution in [0.5, 0.6) is 0 Å². The topological polar surface area (TPSA) is 101 Å². The number of rotatable bonds is 6. The largest absolute Gasteiger partial charge is 0.476 e. The van der Waals surface area contributed by atoms with Gasteiger partial charge in [0.25, 0.3) is 0 Å². The number of carboxylic acid groups (broad SMARTS) is 1. The molecule has 0 saturated heterocycles. The van der Waals surface area contributed by atoms with Gasteiger partial charge < -0.3 is 9.94 Å². The molecule has 2 N–H and O–H groups in total. The van der Waals surface area contributed by atoms with Gasteiger partial charge in [0, 0.05) is 0 Å². The number of hydrogen-bond acceptors (Lipinski definition) is 6. The lowest BCUT2D eigenvalue weighted by Crippen LogP contribution is -2.29. The Balaban J connectivity index is 3.05. The highest BCUT2D eigenvalue weighted by molar-refractivity contribution is 7.20. The lowest BCUT2D eigenvalue weighted by atomic mass is 10.3. The molecule has 0 saturated carbocycles. The Morgan fingerprint density at radius 1 is 1.55 bits per heavy atom. The summed E-state index contributed by atoms with van der Waals surface area (Å²) in [4.78, 5) is 29.9. The van der Waals surface area contributed by atoms with Crippen molar-refractivity contribution in [1.29, 1.82) is 0 Å². The summed E-state index contributed by atoms with van der Waals surface area (Å²) in [7, 11) is 0. The number of carbonyl (C=O) groups is 2. The highest BCUT2D eigenvalue weighted by atomic mass is 35.5. The standard InChI is InChI=1S/C10H7ClF3N3O4S/c1-2-3-21-17-5(7(18)19)4-6(11)22-9(15-4)16-8(20)10(12,13)14/h2H,1,3H2,(H,18,19)(H,15,16,20). The zero-order valence-electron chi connectivity index (χ0n) is 10.5. The van der Waals surface area contributed by atoms with Gasteiger partial charge in [-0.2, -0.15) is 13.2 Å². The van der Waals surface area contributed by atoms with Crippen LogP contribution < -0.4 is 5.32 Å². The van der Waals surface area contributed by atoms with Crippen LogP contribution in [0.15, 0.2) is 17.8 Å². The minimum atomic E-state index is -5.12. The second kappa shape index (κ2) is 7.22. The van der Waals surface area contributed by atoms with E-state index in [1.807, 2.05) is 0 Å². The molecule has 0 fully saturated rings. The maximum atomic E-state index is 12.1. The number of nitrogens with zero attached hydrogens (tertiary/aromatic N) is 2. The van der Waals surface area contributed by atoms with Crippen LogP contribution in [-0.4, -0.2) is 40.5 Å². The van der Waals surface area contributed by atoms with E-state index in [4.69, 9.17) is 16.7 Å². The van der Waals surface area contributed by atoms with Crippen molar-refractivity contribution in [3.8, 4) is 0 Å². The molecule has 1 aromatic heterocycles. The third kappa shape index (κ3) is 4.70. The van der Waals surface area contributed by atoms with Gasteiger partial charge in [0.1, 0.15) is 16.6 Å². The lowest BCUT2D eigenvalue weighted by molar-refractivity contribution is -0.167. The van der Waals surface area contributed by atoms with E-state index < -0.39 is 34.6 Å². The highest BCUT2D eigenvalue weighted by Crippen LogP contribution is 2.30. The molecule has 0 unspecified atom stereocenters. The average Bonchev–Trinajstić information content (AvgIpc) is 2.74. The fourth-order valence-corrected chi connectivity index (χ4v) is 2.05. The van der Waals surface area contributed by atoms with Crippen molar-refractivity contribution >= 4 is 45.7 Å². The van der Waals surface area contributed by atoms with Gasteiger partial charge in [-0.15, -0.1) is 0 Å². The summed E-state index contributed by atoms with van der Waals surface area (Å²) >= 11 is 6.14. The van der Waals surface area contributed by atoms with Crippen molar-refractivity contribution in [2.45, 2.75) is 6.18 Å². The normalized spacial score (nSPS) is 11.9. The summed E-state index contributed by atoms with van der Waals surface area (Å²) in [5, 5.41) is 13.2. The Bertz CT molecular complexity index is 629. The Hall–Kier alpha value is -2.14. The second-order valence-electron chi connectivity index (χ2n) is 3.42. The highest BCUT2D eigenvalue weighted by Gasteiger charge is 2.39. The first-order valence-electron chi connectivity index (χ1n) is 5.25. The van der Waals surface area contributed by atoms with Gasteiger partial charge in [0.2, 0.25) is 5.71 Å². The molecule has 1 amide bonds. The van der Waals surface area contributed by atoms with E-state index in [2.05, 4.69) is 21.6 Å². The Kier molecular flexibility index (Phi) is 5.88. The summed E-state index contributed by atoms with van der Waals surface area (Å²) in [6.07, 6.45) is -3.82. The van der Waals surface area contributed by atoms with Gasteiger partial charge in [0.15, 0.2) is 5.13 Å². The average molecular weight is 358 g/mol. The van der Waals surface area contributed by atoms with Crippen molar-refractivity contribution in [2.75, 3.05) is 11.9 Å². The zero-order chi connectivity index (χ0) is 16.9. The third-order valence-electron chi connectivity index (χ3n) is 1.84. The number of aromatic nitrogens is 1. The van der Waals surface area contributed by atoms with Crippen molar-refractivity contribution in [3.63, 3.8) is 0 Å². The fraction of sp³-hybridized carbons (Fsp3) is 0.200. The molecule has 0 aliphatic carbocycles. The van der Waals surface area contributed by atoms with Crippen molar-refractivity contribution in [1.82, 2.24) is 4.98 Å². The van der Waals surface area contributed by atoms with Crippen LogP contribution in [0.3, 0.4) is 0 Å². The predicted octanol–water partition coefficient (Wildman–Crippen LogP) is 2.29. The number of oxime groups is 1. The van der Waals surface area contributed by atoms with Gasteiger partial charge >= 0.3 is 18.1 Å². The predicted molar refractivity (Wildman–Crippen MR) is 72.1 cm³/mol. The first-order valence-corrected chi connectivity index (χ1v) is 6.45. The van der Waals surface area contributed by atoms with Crippen LogP contribution >= 0.6 is 22.9 Å². The summed E-state index contributed by atoms with van der Waals surface area (Å²) in [5.74, 6) is -3.83. The first kappa shape index (κ1) is 17.9. The number of hydrogen-bond donors (Lipinski definition) is 2. The van der Waals surface area contributed by atoms with Crippen molar-refractivity contribution < 1.29 is 32.7 Å². The molecule has 7 nitrogen and oxygen atoms in total. The number of nitrogens with one attached hydrogen (secondary N) is 1. The number of thiazole rings is 1. The van der Waals surface area contributed by atoms with Gasteiger partial charge in [-0.25, -0.2) is 9.78 Å². The van der Waals surface area contributed by atoms with E-state index >= 15 is 0 Å². The van der Waals surface area contributed by atoms with Crippen LogP contribution in [0.1, 0.15) is 5.69 Å². The van der Waals surface area contributed by atoms with Gasteiger partial charge in [-0.05, 0) is 0 Å². The number of amides is 1. The van der Waals surface area contributed by atoms with Crippen LogP contribution in [0.4, 0.5) is 18.3 Å². The molecule has 12 heteroatoms. The summed E-state index contributed by atoms with van der Waals surface area (Å²) in [6.45, 7) is 3.22. The maximum absolute atomic E-state index is 12.1. The Morgan fingerprint density at radius 3 is 2.68 bits per heavy atom. The monoisotopic (exact) mass is 357 g/mol. The SMILES string of the molecule is C=CCON=C(C(=O)O)c1nc(NC(=O)C(F)(F)F)sc1Cl. The molecule has 0 aliphatic heterocycles. The number of alkyl halides is 3. The molecule has 0 spiro atoms. The Morgan fingerprint density at radius 2 is 2.18 bits per heavy atom. The van der Waals surface area contributed by atoms with Crippen molar-refractivity contribution in [2.24, 2.45) is 5.16 Å². The molecule has 0 bridgehead atoms. The van der Waals surface area contributed by atoms with Crippen LogP contribution in [-0.2, 0) is 14.4 Å². The molecule has 1 aromatic rings. The van der Waals surface area contributed by atoms with Crippen molar-refractivity contribution in [3.05, 3.63) is 22.7 Å². The number of aliphatic carboxylic acids is 1. The fourth-order valence-electron chi connectivity index (χ4n) is 1.01. The third-order valence-corrected chi connectivity index (χ3v) is 3.01. The number of carbonyl (C=O) groups excluding carboxylic acids is 1. The van der Waals surface area contributed by atoms with E-state index in [1.54, 1.807) is 0 Å². The molecule has 0 aromatic carbocycles.